The highest BCUT2D eigenvalue weighted by molar-refractivity contribution is 7.99. The number of fused-ring (bicyclic) bond motifs is 1. The van der Waals surface area contributed by atoms with Crippen molar-refractivity contribution in [1.29, 1.82) is 0 Å². The summed E-state index contributed by atoms with van der Waals surface area (Å²) in [4.78, 5) is 30.7. The van der Waals surface area contributed by atoms with Crippen molar-refractivity contribution in [2.45, 2.75) is 5.16 Å². The normalized spacial score (nSPS) is 10.8. The second-order valence-electron chi connectivity index (χ2n) is 6.94. The first kappa shape index (κ1) is 22.7. The Bertz CT molecular complexity index is 1390. The maximum atomic E-state index is 13.4. The Morgan fingerprint density at radius 3 is 2.67 bits per heavy atom. The molecule has 0 aliphatic heterocycles. The number of nitrogens with zero attached hydrogens (tertiary/aromatic N) is 2. The quantitative estimate of drug-likeness (QED) is 0.302. The lowest BCUT2D eigenvalue weighted by Gasteiger charge is -2.16. The Hall–Kier alpha value is -3.49. The second kappa shape index (κ2) is 9.97. The van der Waals surface area contributed by atoms with Crippen LogP contribution < -0.4 is 20.3 Å². The average Bonchev–Trinajstić information content (AvgIpc) is 2.82. The maximum Gasteiger partial charge on any atom is 0.266 e. The van der Waals surface area contributed by atoms with E-state index in [0.717, 1.165) is 11.8 Å². The summed E-state index contributed by atoms with van der Waals surface area (Å²) in [5, 5.41) is 4.06. The molecule has 7 nitrogen and oxygen atoms in total. The first-order chi connectivity index (χ1) is 16.0. The first-order valence-electron chi connectivity index (χ1n) is 9.92. The van der Waals surface area contributed by atoms with Crippen LogP contribution in [0.15, 0.2) is 76.7 Å². The minimum atomic E-state index is -0.281. The molecule has 168 valence electrons. The Kier molecular flexibility index (Phi) is 6.86. The number of amides is 1. The van der Waals surface area contributed by atoms with Crippen molar-refractivity contribution in [2.75, 3.05) is 25.3 Å². The predicted octanol–water partition coefficient (Wildman–Crippen LogP) is 4.79. The molecule has 1 heterocycles. The summed E-state index contributed by atoms with van der Waals surface area (Å²) in [6.07, 6.45) is 0. The van der Waals surface area contributed by atoms with Crippen molar-refractivity contribution in [1.82, 2.24) is 9.55 Å². The molecule has 0 aliphatic rings. The van der Waals surface area contributed by atoms with Crippen LogP contribution in [0.1, 0.15) is 0 Å². The van der Waals surface area contributed by atoms with Crippen molar-refractivity contribution in [2.24, 2.45) is 0 Å². The number of nitrogens with one attached hydrogen (secondary N) is 1. The Morgan fingerprint density at radius 2 is 1.88 bits per heavy atom. The Balaban J connectivity index is 1.71. The number of methoxy groups -OCH3 is 2. The van der Waals surface area contributed by atoms with Crippen molar-refractivity contribution in [3.05, 3.63) is 82.1 Å². The van der Waals surface area contributed by atoms with Crippen molar-refractivity contribution in [3.63, 3.8) is 0 Å². The average molecular weight is 482 g/mol. The van der Waals surface area contributed by atoms with E-state index in [1.165, 1.54) is 11.7 Å². The van der Waals surface area contributed by atoms with Crippen LogP contribution in [0.25, 0.3) is 16.6 Å². The van der Waals surface area contributed by atoms with Crippen molar-refractivity contribution >= 4 is 45.9 Å². The van der Waals surface area contributed by atoms with Gasteiger partial charge >= 0.3 is 0 Å². The van der Waals surface area contributed by atoms with E-state index >= 15 is 0 Å². The summed E-state index contributed by atoms with van der Waals surface area (Å²) in [5.74, 6) is 0.932. The van der Waals surface area contributed by atoms with Crippen molar-refractivity contribution < 1.29 is 14.3 Å². The van der Waals surface area contributed by atoms with E-state index in [1.54, 1.807) is 67.8 Å². The highest BCUT2D eigenvalue weighted by Gasteiger charge is 2.18. The molecule has 0 fully saturated rings. The fraction of sp³-hybridized carbons (Fsp3) is 0.125. The lowest BCUT2D eigenvalue weighted by Crippen LogP contribution is -2.23. The molecular formula is C24H20ClN3O4S. The smallest absolute Gasteiger partial charge is 0.266 e. The third kappa shape index (κ3) is 4.97. The van der Waals surface area contributed by atoms with Crippen LogP contribution in [-0.2, 0) is 4.79 Å². The monoisotopic (exact) mass is 481 g/mol. The van der Waals surface area contributed by atoms with Gasteiger partial charge in [0.1, 0.15) is 11.5 Å². The molecule has 3 aromatic carbocycles. The molecule has 0 aliphatic carbocycles. The fourth-order valence-electron chi connectivity index (χ4n) is 3.29. The van der Waals surface area contributed by atoms with Gasteiger partial charge in [-0.05, 0) is 42.5 Å². The van der Waals surface area contributed by atoms with E-state index in [2.05, 4.69) is 10.3 Å². The molecule has 0 bridgehead atoms. The highest BCUT2D eigenvalue weighted by atomic mass is 35.5. The summed E-state index contributed by atoms with van der Waals surface area (Å²) in [7, 11) is 3.10. The number of ether oxygens (including phenoxy) is 2. The van der Waals surface area contributed by atoms with E-state index in [0.29, 0.717) is 44.0 Å². The van der Waals surface area contributed by atoms with Gasteiger partial charge in [-0.25, -0.2) is 4.98 Å². The molecule has 9 heteroatoms. The Labute approximate surface area is 199 Å². The number of carbonyl (C=O) groups is 1. The Morgan fingerprint density at radius 1 is 1.06 bits per heavy atom. The fourth-order valence-corrected chi connectivity index (χ4v) is 4.26. The SMILES string of the molecule is COc1cccc(NC(=O)CSc2nc3cc(Cl)ccc3c(=O)n2-c2ccccc2OC)c1. The van der Waals surface area contributed by atoms with Crippen molar-refractivity contribution in [3.8, 4) is 17.2 Å². The van der Waals surface area contributed by atoms with Gasteiger partial charge in [0, 0.05) is 16.8 Å². The molecule has 0 saturated heterocycles. The van der Waals surface area contributed by atoms with Gasteiger partial charge in [0.05, 0.1) is 36.6 Å². The number of carbonyl (C=O) groups excluding carboxylic acids is 1. The zero-order chi connectivity index (χ0) is 23.4. The van der Waals surface area contributed by atoms with Gasteiger partial charge in [0.25, 0.3) is 5.56 Å². The van der Waals surface area contributed by atoms with Crippen LogP contribution in [-0.4, -0.2) is 35.4 Å². The highest BCUT2D eigenvalue weighted by Crippen LogP contribution is 2.28. The second-order valence-corrected chi connectivity index (χ2v) is 8.32. The number of halogens is 1. The van der Waals surface area contributed by atoms with Gasteiger partial charge in [-0.15, -0.1) is 0 Å². The van der Waals surface area contributed by atoms with Crippen LogP contribution in [0.4, 0.5) is 5.69 Å². The summed E-state index contributed by atoms with van der Waals surface area (Å²) in [6.45, 7) is 0. The zero-order valence-electron chi connectivity index (χ0n) is 17.9. The molecule has 1 aromatic heterocycles. The third-order valence-corrected chi connectivity index (χ3v) is 5.99. The van der Waals surface area contributed by atoms with Gasteiger partial charge in [0.2, 0.25) is 5.91 Å². The van der Waals surface area contributed by atoms with E-state index < -0.39 is 0 Å². The molecule has 4 aromatic rings. The van der Waals surface area contributed by atoms with E-state index in [9.17, 15) is 9.59 Å². The molecule has 0 atom stereocenters. The molecular weight excluding hydrogens is 462 g/mol. The summed E-state index contributed by atoms with van der Waals surface area (Å²) in [5.41, 5.74) is 1.32. The molecule has 0 unspecified atom stereocenters. The predicted molar refractivity (Wildman–Crippen MR) is 131 cm³/mol. The largest absolute Gasteiger partial charge is 0.497 e. The van der Waals surface area contributed by atoms with Gasteiger partial charge in [-0.2, -0.15) is 0 Å². The molecule has 0 spiro atoms. The number of hydrogen-bond acceptors (Lipinski definition) is 6. The summed E-state index contributed by atoms with van der Waals surface area (Å²) >= 11 is 7.26. The maximum absolute atomic E-state index is 13.4. The minimum Gasteiger partial charge on any atom is -0.497 e. The lowest BCUT2D eigenvalue weighted by atomic mass is 10.2. The number of para-hydroxylation sites is 2. The molecule has 0 radical (unpaired) electrons. The number of hydrogen-bond donors (Lipinski definition) is 1. The van der Waals surface area contributed by atoms with Gasteiger partial charge < -0.3 is 14.8 Å². The molecule has 1 amide bonds. The number of anilines is 1. The van der Waals surface area contributed by atoms with Crippen LogP contribution in [0, 0.1) is 0 Å². The van der Waals surface area contributed by atoms with Crippen LogP contribution in [0.5, 0.6) is 11.5 Å². The first-order valence-corrected chi connectivity index (χ1v) is 11.3. The van der Waals surface area contributed by atoms with Gasteiger partial charge in [-0.1, -0.05) is 41.6 Å². The topological polar surface area (TPSA) is 82.5 Å². The molecule has 4 rings (SSSR count). The van der Waals surface area contributed by atoms with Crippen LogP contribution >= 0.6 is 23.4 Å². The van der Waals surface area contributed by atoms with Crippen LogP contribution in [0.3, 0.4) is 0 Å². The van der Waals surface area contributed by atoms with E-state index in [-0.39, 0.29) is 17.2 Å². The number of aromatic nitrogens is 2. The lowest BCUT2D eigenvalue weighted by molar-refractivity contribution is -0.113. The molecule has 1 N–H and O–H groups in total. The number of rotatable bonds is 7. The van der Waals surface area contributed by atoms with E-state index in [1.807, 2.05) is 6.07 Å². The molecule has 33 heavy (non-hydrogen) atoms. The zero-order valence-corrected chi connectivity index (χ0v) is 19.4. The van der Waals surface area contributed by atoms with Gasteiger partial charge in [-0.3, -0.25) is 14.2 Å². The number of thioether (sulfide) groups is 1. The van der Waals surface area contributed by atoms with E-state index in [4.69, 9.17) is 21.1 Å². The number of benzene rings is 3. The van der Waals surface area contributed by atoms with Crippen LogP contribution in [0.2, 0.25) is 5.02 Å². The summed E-state index contributed by atoms with van der Waals surface area (Å²) in [6, 6.07) is 19.1. The van der Waals surface area contributed by atoms with Gasteiger partial charge in [0.15, 0.2) is 5.16 Å². The summed E-state index contributed by atoms with van der Waals surface area (Å²) < 4.78 is 12.1. The molecule has 0 saturated carbocycles. The third-order valence-electron chi connectivity index (χ3n) is 4.81. The standard InChI is InChI=1S/C24H20ClN3O4S/c1-31-17-7-5-6-16(13-17)26-22(29)14-33-24-27-19-12-15(25)10-11-18(19)23(30)28(24)20-8-3-4-9-21(20)32-2/h3-13H,14H2,1-2H3,(H,26,29). The minimum absolute atomic E-state index is 0.0326.